The predicted octanol–water partition coefficient (Wildman–Crippen LogP) is 5.34. The van der Waals surface area contributed by atoms with Crippen molar-refractivity contribution >= 4 is 34.1 Å². The Bertz CT molecular complexity index is 1890. The molecule has 0 saturated heterocycles. The van der Waals surface area contributed by atoms with Crippen LogP contribution in [0.2, 0.25) is 0 Å². The second-order valence-electron chi connectivity index (χ2n) is 14.0. The number of aliphatic hydroxyl groups is 3. The van der Waals surface area contributed by atoms with Gasteiger partial charge in [-0.25, -0.2) is 0 Å². The highest BCUT2D eigenvalue weighted by Crippen LogP contribution is 2.63. The van der Waals surface area contributed by atoms with E-state index in [1.807, 2.05) is 43.3 Å². The minimum atomic E-state index is -2.50. The maximum absolute atomic E-state index is 14.4. The number of carbonyl (C=O) groups is 4. The van der Waals surface area contributed by atoms with Crippen molar-refractivity contribution < 1.29 is 44.3 Å². The van der Waals surface area contributed by atoms with E-state index in [1.54, 1.807) is 19.9 Å². The summed E-state index contributed by atoms with van der Waals surface area (Å²) < 4.78 is 5.07. The Kier molecular flexibility index (Phi) is 7.92. The van der Waals surface area contributed by atoms with E-state index in [2.05, 4.69) is 0 Å². The van der Waals surface area contributed by atoms with Gasteiger partial charge < -0.3 is 25.2 Å². The lowest BCUT2D eigenvalue weighted by molar-refractivity contribution is -0.221. The third kappa shape index (κ3) is 4.81. The van der Waals surface area contributed by atoms with Crippen LogP contribution in [0.4, 0.5) is 0 Å². The molecule has 3 aliphatic rings. The first kappa shape index (κ1) is 32.6. The van der Waals surface area contributed by atoms with Gasteiger partial charge in [0.1, 0.15) is 23.2 Å². The SMILES string of the molecule is CCOC(=O)CCCc1ccc(-c2ccc(O)c3c2C[C@@]2(C)C[C@@]4(C)CC(O)=C(C(C)=O)C(=O)[C@@]4(O)C(O)C2C3=O)c2ccccc12. The van der Waals surface area contributed by atoms with Crippen molar-refractivity contribution in [3.8, 4) is 16.9 Å². The molecule has 3 aromatic rings. The molecule has 0 aliphatic heterocycles. The molecule has 4 N–H and O–H groups in total. The van der Waals surface area contributed by atoms with E-state index in [0.717, 1.165) is 34.4 Å². The van der Waals surface area contributed by atoms with E-state index in [-0.39, 0.29) is 36.5 Å². The molecular formula is C38H40O9. The van der Waals surface area contributed by atoms with Gasteiger partial charge in [-0.3, -0.25) is 19.2 Å². The summed E-state index contributed by atoms with van der Waals surface area (Å²) in [6.45, 7) is 6.65. The molecule has 47 heavy (non-hydrogen) atoms. The largest absolute Gasteiger partial charge is 0.511 e. The summed E-state index contributed by atoms with van der Waals surface area (Å²) in [5.41, 5.74) is -2.14. The summed E-state index contributed by atoms with van der Waals surface area (Å²) in [7, 11) is 0. The summed E-state index contributed by atoms with van der Waals surface area (Å²) in [6.07, 6.45) is -0.194. The zero-order valence-corrected chi connectivity index (χ0v) is 27.1. The molecule has 2 unspecified atom stereocenters. The molecule has 6 rings (SSSR count). The average Bonchev–Trinajstić information content (AvgIpc) is 2.99. The van der Waals surface area contributed by atoms with E-state index in [4.69, 9.17) is 4.74 Å². The second-order valence-corrected chi connectivity index (χ2v) is 14.0. The first-order chi connectivity index (χ1) is 22.2. The number of Topliss-reactive ketones (excluding diaryl/α,β-unsaturated/α-hetero) is 3. The van der Waals surface area contributed by atoms with E-state index in [1.165, 1.54) is 6.07 Å². The minimum Gasteiger partial charge on any atom is -0.511 e. The Balaban J connectivity index is 1.45. The Hall–Kier alpha value is -4.34. The number of hydrogen-bond donors (Lipinski definition) is 4. The number of ketones is 3. The molecule has 0 aromatic heterocycles. The number of phenols is 1. The maximum Gasteiger partial charge on any atom is 0.305 e. The highest BCUT2D eigenvalue weighted by Gasteiger charge is 2.71. The first-order valence-corrected chi connectivity index (χ1v) is 16.1. The topological polar surface area (TPSA) is 158 Å². The molecule has 9 nitrogen and oxygen atoms in total. The number of phenolic OH excluding ortho intramolecular Hbond substituents is 1. The Labute approximate surface area is 272 Å². The molecule has 0 heterocycles. The highest BCUT2D eigenvalue weighted by molar-refractivity contribution is 6.24. The number of benzene rings is 3. The summed E-state index contributed by atoms with van der Waals surface area (Å²) in [4.78, 5) is 52.3. The number of ether oxygens (including phenoxy) is 1. The number of aliphatic hydroxyl groups excluding tert-OH is 2. The number of rotatable bonds is 7. The summed E-state index contributed by atoms with van der Waals surface area (Å²) >= 11 is 0. The van der Waals surface area contributed by atoms with Gasteiger partial charge >= 0.3 is 5.97 Å². The Morgan fingerprint density at radius 1 is 0.957 bits per heavy atom. The van der Waals surface area contributed by atoms with Gasteiger partial charge in [0.2, 0.25) is 5.78 Å². The van der Waals surface area contributed by atoms with Gasteiger partial charge in [-0.1, -0.05) is 56.3 Å². The van der Waals surface area contributed by atoms with Gasteiger partial charge in [0, 0.05) is 18.3 Å². The molecule has 9 heteroatoms. The van der Waals surface area contributed by atoms with Gasteiger partial charge in [0.05, 0.1) is 18.1 Å². The van der Waals surface area contributed by atoms with Gasteiger partial charge in [-0.15, -0.1) is 0 Å². The lowest BCUT2D eigenvalue weighted by Gasteiger charge is -2.61. The molecule has 1 saturated carbocycles. The summed E-state index contributed by atoms with van der Waals surface area (Å²) in [5.74, 6) is -4.60. The average molecular weight is 641 g/mol. The van der Waals surface area contributed by atoms with Crippen LogP contribution in [0, 0.1) is 16.7 Å². The molecular weight excluding hydrogens is 600 g/mol. The molecule has 0 bridgehead atoms. The van der Waals surface area contributed by atoms with Gasteiger partial charge in [0.15, 0.2) is 17.2 Å². The summed E-state index contributed by atoms with van der Waals surface area (Å²) in [5, 5.41) is 47.6. The fourth-order valence-electron chi connectivity index (χ4n) is 8.87. The van der Waals surface area contributed by atoms with Gasteiger partial charge in [-0.2, -0.15) is 0 Å². The standard InChI is InChI=1S/C38H40O9/c1-5-47-29(42)12-8-9-21-13-14-24(23-11-7-6-10-22(21)23)25-15-16-27(40)31-26(25)17-36(3)19-37(4)18-28(41)30(20(2)39)34(44)38(37,46)35(45)32(36)33(31)43/h6-7,10-11,13-16,32,35,40-41,45-46H,5,8-9,12,17-19H2,1-4H3/t32?,35?,36-,37+,38+/m0/s1. The van der Waals surface area contributed by atoms with Crippen LogP contribution < -0.4 is 0 Å². The summed E-state index contributed by atoms with van der Waals surface area (Å²) in [6, 6.07) is 15.1. The second kappa shape index (κ2) is 11.4. The fraction of sp³-hybridized carbons (Fsp3) is 0.421. The number of aromatic hydroxyl groups is 1. The highest BCUT2D eigenvalue weighted by atomic mass is 16.5. The number of allylic oxidation sites excluding steroid dienone is 1. The Morgan fingerprint density at radius 3 is 2.32 bits per heavy atom. The van der Waals surface area contributed by atoms with Crippen LogP contribution in [-0.4, -0.2) is 62.1 Å². The van der Waals surface area contributed by atoms with E-state index < -0.39 is 57.1 Å². The number of esters is 1. The van der Waals surface area contributed by atoms with Crippen molar-refractivity contribution in [3.63, 3.8) is 0 Å². The molecule has 0 amide bonds. The lowest BCUT2D eigenvalue weighted by Crippen LogP contribution is -2.73. The van der Waals surface area contributed by atoms with Gasteiger partial charge in [0.25, 0.3) is 0 Å². The van der Waals surface area contributed by atoms with Crippen LogP contribution in [0.15, 0.2) is 59.9 Å². The number of carbonyl (C=O) groups excluding carboxylic acids is 4. The van der Waals surface area contributed by atoms with Crippen molar-refractivity contribution in [2.45, 2.75) is 77.9 Å². The first-order valence-electron chi connectivity index (χ1n) is 16.1. The smallest absolute Gasteiger partial charge is 0.305 e. The van der Waals surface area contributed by atoms with Crippen LogP contribution in [0.1, 0.15) is 74.9 Å². The molecule has 246 valence electrons. The van der Waals surface area contributed by atoms with Crippen LogP contribution in [-0.2, 0) is 32.0 Å². The zero-order valence-electron chi connectivity index (χ0n) is 27.1. The van der Waals surface area contributed by atoms with E-state index in [0.29, 0.717) is 31.4 Å². The monoisotopic (exact) mass is 640 g/mol. The van der Waals surface area contributed by atoms with Gasteiger partial charge in [-0.05, 0) is 84.0 Å². The fourth-order valence-corrected chi connectivity index (χ4v) is 8.87. The van der Waals surface area contributed by atoms with Crippen LogP contribution >= 0.6 is 0 Å². The van der Waals surface area contributed by atoms with Crippen molar-refractivity contribution in [2.24, 2.45) is 16.7 Å². The number of hydrogen-bond acceptors (Lipinski definition) is 9. The third-order valence-corrected chi connectivity index (χ3v) is 10.8. The quantitative estimate of drug-likeness (QED) is 0.198. The minimum absolute atomic E-state index is 0.0345. The molecule has 3 aromatic carbocycles. The number of fused-ring (bicyclic) bond motifs is 4. The zero-order chi connectivity index (χ0) is 34.1. The molecule has 3 aliphatic carbocycles. The van der Waals surface area contributed by atoms with Crippen molar-refractivity contribution in [1.82, 2.24) is 0 Å². The van der Waals surface area contributed by atoms with Crippen LogP contribution in [0.5, 0.6) is 5.75 Å². The molecule has 1 fully saturated rings. The normalized spacial score (nSPS) is 28.5. The Morgan fingerprint density at radius 2 is 1.64 bits per heavy atom. The third-order valence-electron chi connectivity index (χ3n) is 10.8. The van der Waals surface area contributed by atoms with E-state index >= 15 is 0 Å². The molecule has 0 radical (unpaired) electrons. The van der Waals surface area contributed by atoms with Crippen molar-refractivity contribution in [2.75, 3.05) is 6.61 Å². The van der Waals surface area contributed by atoms with Crippen molar-refractivity contribution in [1.29, 1.82) is 0 Å². The lowest BCUT2D eigenvalue weighted by atomic mass is 9.43. The predicted molar refractivity (Wildman–Crippen MR) is 174 cm³/mol. The molecule has 0 spiro atoms. The van der Waals surface area contributed by atoms with Crippen LogP contribution in [0.25, 0.3) is 21.9 Å². The van der Waals surface area contributed by atoms with Crippen LogP contribution in [0.3, 0.4) is 0 Å². The molecule has 5 atom stereocenters. The van der Waals surface area contributed by atoms with E-state index in [9.17, 15) is 39.6 Å². The number of aryl methyl sites for hydroxylation is 1. The van der Waals surface area contributed by atoms with Crippen molar-refractivity contribution in [3.05, 3.63) is 76.6 Å². The maximum atomic E-state index is 14.4.